The van der Waals surface area contributed by atoms with Gasteiger partial charge in [-0.05, 0) is 0 Å². The summed E-state index contributed by atoms with van der Waals surface area (Å²) < 4.78 is 10.1. The molecule has 0 spiro atoms. The monoisotopic (exact) mass is 275 g/mol. The van der Waals surface area contributed by atoms with E-state index in [2.05, 4.69) is 0 Å². The third-order valence-electron chi connectivity index (χ3n) is 2.40. The highest BCUT2D eigenvalue weighted by molar-refractivity contribution is 6.32. The van der Waals surface area contributed by atoms with E-state index in [0.717, 1.165) is 0 Å². The number of nitrogens with two attached hydrogens (primary N) is 1. The molecule has 0 aliphatic carbocycles. The van der Waals surface area contributed by atoms with E-state index < -0.39 is 12.0 Å². The van der Waals surface area contributed by atoms with Gasteiger partial charge >= 0.3 is 5.97 Å². The van der Waals surface area contributed by atoms with Gasteiger partial charge in [-0.1, -0.05) is 11.6 Å². The molecule has 18 heavy (non-hydrogen) atoms. The fraction of sp³-hybridized carbons (Fsp3) is 0.364. The molecule has 100 valence electrons. The number of carboxylic acids is 1. The van der Waals surface area contributed by atoms with Crippen LogP contribution in [0.1, 0.15) is 18.0 Å². The van der Waals surface area contributed by atoms with Crippen LogP contribution in [-0.4, -0.2) is 30.4 Å². The molecule has 0 radical (unpaired) electrons. The predicted molar refractivity (Wildman–Crippen MR) is 65.4 cm³/mol. The van der Waals surface area contributed by atoms with Gasteiger partial charge < -0.3 is 25.4 Å². The average Bonchev–Trinajstić information content (AvgIpc) is 2.30. The highest BCUT2D eigenvalue weighted by Gasteiger charge is 2.25. The number of phenols is 1. The second-order valence-corrected chi connectivity index (χ2v) is 3.97. The van der Waals surface area contributed by atoms with Gasteiger partial charge in [0.25, 0.3) is 0 Å². The van der Waals surface area contributed by atoms with Gasteiger partial charge in [0.05, 0.1) is 31.2 Å². The Morgan fingerprint density at radius 2 is 2.11 bits per heavy atom. The zero-order chi connectivity index (χ0) is 13.9. The molecule has 0 aromatic heterocycles. The van der Waals surface area contributed by atoms with Gasteiger partial charge in [-0.3, -0.25) is 4.79 Å². The molecule has 6 nitrogen and oxygen atoms in total. The van der Waals surface area contributed by atoms with Crippen molar-refractivity contribution in [3.05, 3.63) is 16.7 Å². The smallest absolute Gasteiger partial charge is 0.305 e. The van der Waals surface area contributed by atoms with Crippen LogP contribution in [0.5, 0.6) is 17.2 Å². The molecular formula is C11H14ClNO5. The van der Waals surface area contributed by atoms with Crippen molar-refractivity contribution in [1.82, 2.24) is 0 Å². The van der Waals surface area contributed by atoms with Gasteiger partial charge in [-0.25, -0.2) is 0 Å². The predicted octanol–water partition coefficient (Wildman–Crippen LogP) is 1.54. The van der Waals surface area contributed by atoms with Crippen molar-refractivity contribution in [1.29, 1.82) is 0 Å². The minimum atomic E-state index is -1.09. The molecule has 0 heterocycles. The first-order chi connectivity index (χ1) is 8.42. The zero-order valence-electron chi connectivity index (χ0n) is 9.94. The van der Waals surface area contributed by atoms with Crippen molar-refractivity contribution in [2.75, 3.05) is 14.2 Å². The number of carbonyl (C=O) groups is 1. The molecule has 0 amide bonds. The molecule has 1 atom stereocenters. The number of ether oxygens (including phenoxy) is 2. The van der Waals surface area contributed by atoms with E-state index in [1.165, 1.54) is 20.3 Å². The number of rotatable bonds is 5. The Bertz CT molecular complexity index is 463. The van der Waals surface area contributed by atoms with Crippen molar-refractivity contribution >= 4 is 17.6 Å². The Balaban J connectivity index is 3.38. The van der Waals surface area contributed by atoms with Gasteiger partial charge in [0, 0.05) is 12.1 Å². The lowest BCUT2D eigenvalue weighted by atomic mass is 10.0. The van der Waals surface area contributed by atoms with Crippen molar-refractivity contribution < 1.29 is 24.5 Å². The standard InChI is InChI=1S/C11H14ClNO5/c1-17-7-3-5(12)10(16)9(11(7)18-2)6(13)4-8(14)15/h3,6,16H,4,13H2,1-2H3,(H,14,15). The molecule has 7 heteroatoms. The first-order valence-corrected chi connectivity index (χ1v) is 5.40. The highest BCUT2D eigenvalue weighted by atomic mass is 35.5. The number of methoxy groups -OCH3 is 2. The Labute approximate surface area is 109 Å². The molecule has 0 bridgehead atoms. The van der Waals surface area contributed by atoms with E-state index in [-0.39, 0.29) is 34.3 Å². The van der Waals surface area contributed by atoms with E-state index >= 15 is 0 Å². The Morgan fingerprint density at radius 3 is 2.56 bits per heavy atom. The van der Waals surface area contributed by atoms with Crippen LogP contribution in [0.15, 0.2) is 6.07 Å². The lowest BCUT2D eigenvalue weighted by Crippen LogP contribution is -2.16. The van der Waals surface area contributed by atoms with Crippen molar-refractivity contribution in [2.45, 2.75) is 12.5 Å². The summed E-state index contributed by atoms with van der Waals surface area (Å²) >= 11 is 5.82. The number of carboxylic acid groups (broad SMARTS) is 1. The largest absolute Gasteiger partial charge is 0.506 e. The summed E-state index contributed by atoms with van der Waals surface area (Å²) in [6, 6.07) is 0.414. The van der Waals surface area contributed by atoms with Gasteiger partial charge in [0.1, 0.15) is 5.75 Å². The fourth-order valence-electron chi connectivity index (χ4n) is 1.61. The molecule has 1 rings (SSSR count). The number of aliphatic carboxylic acids is 1. The van der Waals surface area contributed by atoms with Gasteiger partial charge in [0.2, 0.25) is 0 Å². The number of hydrogen-bond acceptors (Lipinski definition) is 5. The third-order valence-corrected chi connectivity index (χ3v) is 2.69. The van der Waals surface area contributed by atoms with Crippen LogP contribution < -0.4 is 15.2 Å². The highest BCUT2D eigenvalue weighted by Crippen LogP contribution is 2.45. The Kier molecular flexibility index (Phi) is 4.63. The number of halogens is 1. The average molecular weight is 276 g/mol. The molecule has 0 aliphatic rings. The first-order valence-electron chi connectivity index (χ1n) is 5.03. The van der Waals surface area contributed by atoms with Crippen molar-refractivity contribution in [2.24, 2.45) is 5.73 Å². The summed E-state index contributed by atoms with van der Waals surface area (Å²) in [7, 11) is 2.76. The summed E-state index contributed by atoms with van der Waals surface area (Å²) in [6.45, 7) is 0. The van der Waals surface area contributed by atoms with Crippen LogP contribution in [-0.2, 0) is 4.79 Å². The molecule has 0 saturated carbocycles. The number of aromatic hydroxyl groups is 1. The van der Waals surface area contributed by atoms with Gasteiger partial charge in [0.15, 0.2) is 11.5 Å². The van der Waals surface area contributed by atoms with E-state index in [4.69, 9.17) is 31.9 Å². The maximum Gasteiger partial charge on any atom is 0.305 e. The lowest BCUT2D eigenvalue weighted by Gasteiger charge is -2.19. The second-order valence-electron chi connectivity index (χ2n) is 3.56. The number of phenolic OH excluding ortho intramolecular Hbond substituents is 1. The van der Waals surface area contributed by atoms with Crippen LogP contribution in [0.2, 0.25) is 5.02 Å². The summed E-state index contributed by atoms with van der Waals surface area (Å²) in [4.78, 5) is 10.7. The van der Waals surface area contributed by atoms with E-state index in [1.54, 1.807) is 0 Å². The second kappa shape index (κ2) is 5.79. The van der Waals surface area contributed by atoms with E-state index in [0.29, 0.717) is 0 Å². The van der Waals surface area contributed by atoms with E-state index in [1.807, 2.05) is 0 Å². The molecule has 0 fully saturated rings. The maximum absolute atomic E-state index is 10.7. The van der Waals surface area contributed by atoms with E-state index in [9.17, 15) is 9.90 Å². The Morgan fingerprint density at radius 1 is 1.50 bits per heavy atom. The molecule has 1 unspecified atom stereocenters. The third kappa shape index (κ3) is 2.77. The van der Waals surface area contributed by atoms with Crippen LogP contribution in [0.25, 0.3) is 0 Å². The Hall–Kier alpha value is -1.66. The molecule has 1 aromatic rings. The van der Waals surface area contributed by atoms with Crippen molar-refractivity contribution in [3.63, 3.8) is 0 Å². The van der Waals surface area contributed by atoms with Crippen LogP contribution in [0, 0.1) is 0 Å². The maximum atomic E-state index is 10.7. The summed E-state index contributed by atoms with van der Waals surface area (Å²) in [6.07, 6.45) is -0.368. The molecule has 0 aliphatic heterocycles. The van der Waals surface area contributed by atoms with Crippen LogP contribution >= 0.6 is 11.6 Å². The summed E-state index contributed by atoms with van der Waals surface area (Å²) in [5, 5.41) is 18.6. The molecule has 4 N–H and O–H groups in total. The first kappa shape index (κ1) is 14.4. The topological polar surface area (TPSA) is 102 Å². The minimum absolute atomic E-state index is 0.0171. The van der Waals surface area contributed by atoms with Crippen LogP contribution in [0.3, 0.4) is 0 Å². The molecular weight excluding hydrogens is 262 g/mol. The lowest BCUT2D eigenvalue weighted by molar-refractivity contribution is -0.137. The quantitative estimate of drug-likeness (QED) is 0.753. The van der Waals surface area contributed by atoms with Crippen molar-refractivity contribution in [3.8, 4) is 17.2 Å². The minimum Gasteiger partial charge on any atom is -0.506 e. The SMILES string of the molecule is COc1cc(Cl)c(O)c(C(N)CC(=O)O)c1OC. The molecule has 0 saturated heterocycles. The fourth-order valence-corrected chi connectivity index (χ4v) is 1.82. The van der Waals surface area contributed by atoms with Gasteiger partial charge in [-0.2, -0.15) is 0 Å². The number of benzene rings is 1. The molecule has 1 aromatic carbocycles. The normalized spacial score (nSPS) is 12.0. The number of hydrogen-bond donors (Lipinski definition) is 3. The summed E-state index contributed by atoms with van der Waals surface area (Å²) in [5.41, 5.74) is 5.85. The van der Waals surface area contributed by atoms with Gasteiger partial charge in [-0.15, -0.1) is 0 Å². The van der Waals surface area contributed by atoms with Crippen LogP contribution in [0.4, 0.5) is 0 Å². The summed E-state index contributed by atoms with van der Waals surface area (Å²) in [5.74, 6) is -0.949. The zero-order valence-corrected chi connectivity index (χ0v) is 10.7.